The number of benzene rings is 1. The van der Waals surface area contributed by atoms with Gasteiger partial charge in [-0.1, -0.05) is 30.3 Å². The summed E-state index contributed by atoms with van der Waals surface area (Å²) in [5, 5.41) is 3.41. The minimum atomic E-state index is 0.111. The summed E-state index contributed by atoms with van der Waals surface area (Å²) in [6.45, 7) is 7.20. The Labute approximate surface area is 102 Å². The zero-order valence-electron chi connectivity index (χ0n) is 10.6. The Kier molecular flexibility index (Phi) is 3.29. The standard InChI is InChI=1S/C14H19N3/c1-14(2,3)16-10-13-15-9-12(17-13)11-7-5-4-6-8-11/h4-9,16H,10H2,1-3H3,(H,15,17). The topological polar surface area (TPSA) is 40.7 Å². The summed E-state index contributed by atoms with van der Waals surface area (Å²) in [7, 11) is 0. The second kappa shape index (κ2) is 4.72. The molecule has 0 aliphatic carbocycles. The van der Waals surface area contributed by atoms with Crippen molar-refractivity contribution in [1.82, 2.24) is 15.3 Å². The molecule has 17 heavy (non-hydrogen) atoms. The van der Waals surface area contributed by atoms with Crippen LogP contribution in [0.4, 0.5) is 0 Å². The lowest BCUT2D eigenvalue weighted by atomic mass is 10.1. The van der Waals surface area contributed by atoms with E-state index in [1.807, 2.05) is 24.4 Å². The van der Waals surface area contributed by atoms with E-state index < -0.39 is 0 Å². The maximum atomic E-state index is 4.57. The molecule has 90 valence electrons. The lowest BCUT2D eigenvalue weighted by molar-refractivity contribution is 0.418. The van der Waals surface area contributed by atoms with Gasteiger partial charge >= 0.3 is 0 Å². The van der Waals surface area contributed by atoms with Gasteiger partial charge < -0.3 is 10.3 Å². The zero-order chi connectivity index (χ0) is 12.3. The molecule has 0 radical (unpaired) electrons. The third kappa shape index (κ3) is 3.43. The van der Waals surface area contributed by atoms with Gasteiger partial charge in [-0.05, 0) is 20.8 Å². The largest absolute Gasteiger partial charge is 0.347 e. The average molecular weight is 229 g/mol. The van der Waals surface area contributed by atoms with E-state index in [2.05, 4.69) is 48.2 Å². The van der Waals surface area contributed by atoms with E-state index in [4.69, 9.17) is 0 Å². The van der Waals surface area contributed by atoms with Crippen molar-refractivity contribution in [1.29, 1.82) is 0 Å². The summed E-state index contributed by atoms with van der Waals surface area (Å²) >= 11 is 0. The minimum absolute atomic E-state index is 0.111. The van der Waals surface area contributed by atoms with Crippen LogP contribution < -0.4 is 5.32 Å². The first-order valence-corrected chi connectivity index (χ1v) is 5.89. The first-order chi connectivity index (χ1) is 8.04. The maximum Gasteiger partial charge on any atom is 0.120 e. The highest BCUT2D eigenvalue weighted by atomic mass is 15.0. The van der Waals surface area contributed by atoms with Crippen molar-refractivity contribution in [3.05, 3.63) is 42.4 Å². The van der Waals surface area contributed by atoms with Crippen LogP contribution in [0.5, 0.6) is 0 Å². The molecule has 1 aromatic carbocycles. The van der Waals surface area contributed by atoms with E-state index in [1.165, 1.54) is 0 Å². The van der Waals surface area contributed by atoms with Gasteiger partial charge in [0.25, 0.3) is 0 Å². The van der Waals surface area contributed by atoms with Gasteiger partial charge in [0.1, 0.15) is 5.82 Å². The summed E-state index contributed by atoms with van der Waals surface area (Å²) < 4.78 is 0. The summed E-state index contributed by atoms with van der Waals surface area (Å²) in [5.74, 6) is 0.971. The number of nitrogens with zero attached hydrogens (tertiary/aromatic N) is 1. The van der Waals surface area contributed by atoms with E-state index in [9.17, 15) is 0 Å². The van der Waals surface area contributed by atoms with Crippen molar-refractivity contribution < 1.29 is 0 Å². The third-order valence-corrected chi connectivity index (χ3v) is 2.49. The van der Waals surface area contributed by atoms with Crippen LogP contribution in [-0.2, 0) is 6.54 Å². The quantitative estimate of drug-likeness (QED) is 0.849. The molecule has 2 rings (SSSR count). The van der Waals surface area contributed by atoms with E-state index in [1.54, 1.807) is 0 Å². The van der Waals surface area contributed by atoms with Gasteiger partial charge in [-0.15, -0.1) is 0 Å². The van der Waals surface area contributed by atoms with Crippen molar-refractivity contribution in [2.75, 3.05) is 0 Å². The predicted octanol–water partition coefficient (Wildman–Crippen LogP) is 2.96. The molecule has 1 heterocycles. The highest BCUT2D eigenvalue weighted by molar-refractivity contribution is 5.57. The fourth-order valence-electron chi connectivity index (χ4n) is 1.56. The number of aromatic nitrogens is 2. The number of hydrogen-bond acceptors (Lipinski definition) is 2. The molecule has 0 atom stereocenters. The fraction of sp³-hybridized carbons (Fsp3) is 0.357. The van der Waals surface area contributed by atoms with Gasteiger partial charge in [0.15, 0.2) is 0 Å². The maximum absolute atomic E-state index is 4.57. The van der Waals surface area contributed by atoms with Gasteiger partial charge in [-0.25, -0.2) is 4.98 Å². The molecule has 2 aromatic rings. The summed E-state index contributed by atoms with van der Waals surface area (Å²) in [6.07, 6.45) is 1.95. The number of imidazole rings is 1. The van der Waals surface area contributed by atoms with Crippen LogP contribution in [0.15, 0.2) is 36.5 Å². The molecule has 0 unspecified atom stereocenters. The number of hydrogen-bond donors (Lipinski definition) is 2. The van der Waals surface area contributed by atoms with Gasteiger partial charge in [0, 0.05) is 17.3 Å². The van der Waals surface area contributed by atoms with Crippen LogP contribution >= 0.6 is 0 Å². The molecule has 3 nitrogen and oxygen atoms in total. The Morgan fingerprint density at radius 2 is 1.88 bits per heavy atom. The van der Waals surface area contributed by atoms with Crippen LogP contribution in [-0.4, -0.2) is 15.5 Å². The van der Waals surface area contributed by atoms with Crippen molar-refractivity contribution in [2.45, 2.75) is 32.9 Å². The van der Waals surface area contributed by atoms with Gasteiger partial charge in [0.2, 0.25) is 0 Å². The van der Waals surface area contributed by atoms with Gasteiger partial charge in [0.05, 0.1) is 12.2 Å². The molecule has 0 fully saturated rings. The van der Waals surface area contributed by atoms with Crippen molar-refractivity contribution in [3.8, 4) is 11.3 Å². The second-order valence-corrected chi connectivity index (χ2v) is 5.20. The number of H-pyrrole nitrogens is 1. The Morgan fingerprint density at radius 3 is 2.53 bits per heavy atom. The molecular formula is C14H19N3. The molecule has 0 bridgehead atoms. The number of nitrogens with one attached hydrogen (secondary N) is 2. The van der Waals surface area contributed by atoms with Crippen LogP contribution in [0.3, 0.4) is 0 Å². The van der Waals surface area contributed by atoms with E-state index >= 15 is 0 Å². The highest BCUT2D eigenvalue weighted by Gasteiger charge is 2.10. The molecular weight excluding hydrogens is 210 g/mol. The first-order valence-electron chi connectivity index (χ1n) is 5.89. The Bertz CT molecular complexity index is 466. The second-order valence-electron chi connectivity index (χ2n) is 5.20. The molecule has 1 aromatic heterocycles. The van der Waals surface area contributed by atoms with Crippen LogP contribution in [0.2, 0.25) is 0 Å². The summed E-state index contributed by atoms with van der Waals surface area (Å²) in [5.41, 5.74) is 2.25. The Morgan fingerprint density at radius 1 is 1.18 bits per heavy atom. The molecule has 0 saturated heterocycles. The third-order valence-electron chi connectivity index (χ3n) is 2.49. The van der Waals surface area contributed by atoms with Crippen molar-refractivity contribution in [2.24, 2.45) is 0 Å². The molecule has 0 spiro atoms. The monoisotopic (exact) mass is 229 g/mol. The lowest BCUT2D eigenvalue weighted by Gasteiger charge is -2.19. The van der Waals surface area contributed by atoms with Crippen LogP contribution in [0.1, 0.15) is 26.6 Å². The Balaban J connectivity index is 2.07. The van der Waals surface area contributed by atoms with E-state index in [0.717, 1.165) is 23.6 Å². The van der Waals surface area contributed by atoms with Gasteiger partial charge in [-0.2, -0.15) is 0 Å². The molecule has 0 aliphatic rings. The highest BCUT2D eigenvalue weighted by Crippen LogP contribution is 2.16. The number of rotatable bonds is 3. The predicted molar refractivity (Wildman–Crippen MR) is 70.6 cm³/mol. The molecule has 3 heteroatoms. The van der Waals surface area contributed by atoms with Gasteiger partial charge in [-0.3, -0.25) is 0 Å². The Hall–Kier alpha value is -1.61. The first kappa shape index (κ1) is 11.9. The normalized spacial score (nSPS) is 11.7. The lowest BCUT2D eigenvalue weighted by Crippen LogP contribution is -2.35. The smallest absolute Gasteiger partial charge is 0.120 e. The SMILES string of the molecule is CC(C)(C)NCc1nc(-c2ccccc2)c[nH]1. The van der Waals surface area contributed by atoms with Crippen molar-refractivity contribution in [3.63, 3.8) is 0 Å². The summed E-state index contributed by atoms with van der Waals surface area (Å²) in [4.78, 5) is 7.77. The summed E-state index contributed by atoms with van der Waals surface area (Å²) in [6, 6.07) is 10.2. The molecule has 0 aliphatic heterocycles. The van der Waals surface area contributed by atoms with Crippen molar-refractivity contribution >= 4 is 0 Å². The van der Waals surface area contributed by atoms with E-state index in [0.29, 0.717) is 0 Å². The van der Waals surface area contributed by atoms with Crippen LogP contribution in [0, 0.1) is 0 Å². The molecule has 0 saturated carbocycles. The average Bonchev–Trinajstić information content (AvgIpc) is 2.75. The van der Waals surface area contributed by atoms with E-state index in [-0.39, 0.29) is 5.54 Å². The number of aromatic amines is 1. The van der Waals surface area contributed by atoms with Crippen LogP contribution in [0.25, 0.3) is 11.3 Å². The minimum Gasteiger partial charge on any atom is -0.347 e. The zero-order valence-corrected chi connectivity index (χ0v) is 10.6. The molecule has 2 N–H and O–H groups in total. The molecule has 0 amide bonds. The fourth-order valence-corrected chi connectivity index (χ4v) is 1.56.